The van der Waals surface area contributed by atoms with Gasteiger partial charge in [0.15, 0.2) is 14.6 Å². The summed E-state index contributed by atoms with van der Waals surface area (Å²) in [7, 11) is -3.73. The van der Waals surface area contributed by atoms with Crippen LogP contribution in [0.25, 0.3) is 0 Å². The van der Waals surface area contributed by atoms with Crippen molar-refractivity contribution in [1.82, 2.24) is 0 Å². The lowest BCUT2D eigenvalue weighted by atomic mass is 10.3. The minimum absolute atomic E-state index is 0.123. The van der Waals surface area contributed by atoms with Gasteiger partial charge in [0.1, 0.15) is 0 Å². The van der Waals surface area contributed by atoms with E-state index in [0.29, 0.717) is 23.6 Å². The van der Waals surface area contributed by atoms with E-state index in [0.717, 1.165) is 0 Å². The van der Waals surface area contributed by atoms with Crippen molar-refractivity contribution in [2.75, 3.05) is 5.32 Å². The Labute approximate surface area is 134 Å². The standard InChI is InChI=1S/C16H14ClNO3S/c17-12-6-8-14(9-7-12)22(20,21)16(10-11-16)15(19)18-13-4-2-1-3-5-13/h1-9H,10-11H2,(H,18,19). The van der Waals surface area contributed by atoms with Gasteiger partial charge in [-0.3, -0.25) is 4.79 Å². The largest absolute Gasteiger partial charge is 0.325 e. The Morgan fingerprint density at radius 1 is 1.00 bits per heavy atom. The van der Waals surface area contributed by atoms with Crippen molar-refractivity contribution in [3.05, 3.63) is 59.6 Å². The zero-order chi connectivity index (χ0) is 15.8. The predicted octanol–water partition coefficient (Wildman–Crippen LogP) is 3.29. The van der Waals surface area contributed by atoms with Crippen molar-refractivity contribution < 1.29 is 13.2 Å². The third kappa shape index (κ3) is 2.51. The van der Waals surface area contributed by atoms with Gasteiger partial charge in [0.2, 0.25) is 5.91 Å². The fourth-order valence-corrected chi connectivity index (χ4v) is 4.34. The number of rotatable bonds is 4. The van der Waals surface area contributed by atoms with Crippen LogP contribution in [0.5, 0.6) is 0 Å². The van der Waals surface area contributed by atoms with Crippen LogP contribution in [-0.4, -0.2) is 19.1 Å². The van der Waals surface area contributed by atoms with E-state index in [9.17, 15) is 13.2 Å². The monoisotopic (exact) mass is 335 g/mol. The van der Waals surface area contributed by atoms with Gasteiger partial charge < -0.3 is 5.32 Å². The smallest absolute Gasteiger partial charge is 0.246 e. The average Bonchev–Trinajstić information content (AvgIpc) is 3.31. The lowest BCUT2D eigenvalue weighted by Gasteiger charge is -2.16. The highest BCUT2D eigenvalue weighted by Crippen LogP contribution is 2.47. The number of nitrogens with one attached hydrogen (secondary N) is 1. The SMILES string of the molecule is O=C(Nc1ccccc1)C1(S(=O)(=O)c2ccc(Cl)cc2)CC1. The van der Waals surface area contributed by atoms with Gasteiger partial charge >= 0.3 is 0 Å². The highest BCUT2D eigenvalue weighted by molar-refractivity contribution is 7.94. The molecule has 0 spiro atoms. The van der Waals surface area contributed by atoms with Gasteiger partial charge in [-0.2, -0.15) is 0 Å². The van der Waals surface area contributed by atoms with Crippen molar-refractivity contribution in [2.45, 2.75) is 22.5 Å². The third-order valence-electron chi connectivity index (χ3n) is 3.79. The fourth-order valence-electron chi connectivity index (χ4n) is 2.34. The van der Waals surface area contributed by atoms with Crippen LogP contribution >= 0.6 is 11.6 Å². The van der Waals surface area contributed by atoms with Gasteiger partial charge in [-0.25, -0.2) is 8.42 Å². The lowest BCUT2D eigenvalue weighted by Crippen LogP contribution is -2.37. The van der Waals surface area contributed by atoms with Crippen LogP contribution in [0, 0.1) is 0 Å². The Morgan fingerprint density at radius 2 is 1.59 bits per heavy atom. The Hall–Kier alpha value is -1.85. The predicted molar refractivity (Wildman–Crippen MR) is 85.7 cm³/mol. The maximum Gasteiger partial charge on any atom is 0.246 e. The summed E-state index contributed by atoms with van der Waals surface area (Å²) in [5, 5.41) is 3.14. The second-order valence-electron chi connectivity index (χ2n) is 5.27. The van der Waals surface area contributed by atoms with Crippen LogP contribution < -0.4 is 5.32 Å². The second-order valence-corrected chi connectivity index (χ2v) is 7.97. The second kappa shape index (κ2) is 5.41. The van der Waals surface area contributed by atoms with Gasteiger partial charge in [-0.05, 0) is 49.2 Å². The number of carbonyl (C=O) groups excluding carboxylic acids is 1. The van der Waals surface area contributed by atoms with Crippen LogP contribution in [0.3, 0.4) is 0 Å². The van der Waals surface area contributed by atoms with E-state index in [2.05, 4.69) is 5.32 Å². The molecular weight excluding hydrogens is 322 g/mol. The maximum absolute atomic E-state index is 12.8. The average molecular weight is 336 g/mol. The number of amides is 1. The highest BCUT2D eigenvalue weighted by Gasteiger charge is 2.61. The zero-order valence-corrected chi connectivity index (χ0v) is 13.2. The molecular formula is C16H14ClNO3S. The van der Waals surface area contributed by atoms with E-state index in [4.69, 9.17) is 11.6 Å². The molecule has 4 nitrogen and oxygen atoms in total. The number of anilines is 1. The van der Waals surface area contributed by atoms with Crippen LogP contribution in [-0.2, 0) is 14.6 Å². The van der Waals surface area contributed by atoms with Gasteiger partial charge in [-0.1, -0.05) is 29.8 Å². The van der Waals surface area contributed by atoms with E-state index in [-0.39, 0.29) is 4.90 Å². The molecule has 1 saturated carbocycles. The highest BCUT2D eigenvalue weighted by atomic mass is 35.5. The number of benzene rings is 2. The molecule has 1 N–H and O–H groups in total. The summed E-state index contributed by atoms with van der Waals surface area (Å²) in [6, 6.07) is 14.7. The molecule has 0 aliphatic heterocycles. The minimum Gasteiger partial charge on any atom is -0.325 e. The molecule has 1 aliphatic rings. The summed E-state index contributed by atoms with van der Waals surface area (Å²) in [4.78, 5) is 12.6. The molecule has 2 aromatic carbocycles. The molecule has 114 valence electrons. The van der Waals surface area contributed by atoms with Crippen molar-refractivity contribution in [2.24, 2.45) is 0 Å². The first kappa shape index (κ1) is 15.1. The van der Waals surface area contributed by atoms with Crippen LogP contribution in [0.15, 0.2) is 59.5 Å². The molecule has 3 rings (SSSR count). The first-order valence-electron chi connectivity index (χ1n) is 6.82. The molecule has 0 saturated heterocycles. The molecule has 0 unspecified atom stereocenters. The Kier molecular flexibility index (Phi) is 3.70. The topological polar surface area (TPSA) is 63.2 Å². The van der Waals surface area contributed by atoms with Crippen molar-refractivity contribution in [3.8, 4) is 0 Å². The summed E-state index contributed by atoms with van der Waals surface area (Å²) in [6.45, 7) is 0. The van der Waals surface area contributed by atoms with E-state index < -0.39 is 20.5 Å². The van der Waals surface area contributed by atoms with Gasteiger partial charge in [0.25, 0.3) is 0 Å². The molecule has 2 aromatic rings. The minimum atomic E-state index is -3.73. The summed E-state index contributed by atoms with van der Waals surface area (Å²) in [6.07, 6.45) is 0.660. The molecule has 22 heavy (non-hydrogen) atoms. The summed E-state index contributed by atoms with van der Waals surface area (Å²) in [5.41, 5.74) is 0.588. The van der Waals surface area contributed by atoms with Crippen molar-refractivity contribution in [1.29, 1.82) is 0 Å². The Bertz CT molecular complexity index is 797. The van der Waals surface area contributed by atoms with Gasteiger partial charge in [0.05, 0.1) is 4.90 Å². The van der Waals surface area contributed by atoms with Crippen LogP contribution in [0.2, 0.25) is 5.02 Å². The first-order valence-corrected chi connectivity index (χ1v) is 8.68. The van der Waals surface area contributed by atoms with E-state index in [1.807, 2.05) is 6.07 Å². The van der Waals surface area contributed by atoms with Gasteiger partial charge in [-0.15, -0.1) is 0 Å². The summed E-state index contributed by atoms with van der Waals surface area (Å²) >= 11 is 5.79. The molecule has 1 fully saturated rings. The summed E-state index contributed by atoms with van der Waals surface area (Å²) < 4.78 is 24.1. The van der Waals surface area contributed by atoms with E-state index in [1.165, 1.54) is 24.3 Å². The van der Waals surface area contributed by atoms with E-state index in [1.54, 1.807) is 24.3 Å². The van der Waals surface area contributed by atoms with Crippen molar-refractivity contribution >= 4 is 33.0 Å². The molecule has 1 amide bonds. The molecule has 0 bridgehead atoms. The quantitative estimate of drug-likeness (QED) is 0.932. The Morgan fingerprint density at radius 3 is 2.14 bits per heavy atom. The first-order chi connectivity index (χ1) is 10.5. The molecule has 1 aliphatic carbocycles. The maximum atomic E-state index is 12.8. The normalized spacial score (nSPS) is 16.0. The molecule has 6 heteroatoms. The molecule has 0 atom stereocenters. The number of halogens is 1. The summed E-state index contributed by atoms with van der Waals surface area (Å²) in [5.74, 6) is -0.478. The number of hydrogen-bond donors (Lipinski definition) is 1. The third-order valence-corrected chi connectivity index (χ3v) is 6.56. The zero-order valence-electron chi connectivity index (χ0n) is 11.6. The molecule has 0 aromatic heterocycles. The van der Waals surface area contributed by atoms with Crippen molar-refractivity contribution in [3.63, 3.8) is 0 Å². The Balaban J connectivity index is 1.89. The number of sulfone groups is 1. The number of para-hydroxylation sites is 1. The molecule has 0 radical (unpaired) electrons. The fraction of sp³-hybridized carbons (Fsp3) is 0.188. The molecule has 0 heterocycles. The van der Waals surface area contributed by atoms with Crippen LogP contribution in [0.1, 0.15) is 12.8 Å². The van der Waals surface area contributed by atoms with Crippen LogP contribution in [0.4, 0.5) is 5.69 Å². The number of carbonyl (C=O) groups is 1. The number of hydrogen-bond acceptors (Lipinski definition) is 3. The van der Waals surface area contributed by atoms with Gasteiger partial charge in [0, 0.05) is 10.7 Å². The lowest BCUT2D eigenvalue weighted by molar-refractivity contribution is -0.116. The van der Waals surface area contributed by atoms with E-state index >= 15 is 0 Å².